The van der Waals surface area contributed by atoms with Gasteiger partial charge in [-0.15, -0.1) is 0 Å². The molecule has 0 radical (unpaired) electrons. The standard InChI is InChI=1S/C12H15N3O2/c1-16-10-7-15(8-11(10)17-2)12-5-9(6-13)3-4-14-12/h3-5,10-11H,7-8H2,1-2H3. The molecule has 90 valence electrons. The predicted molar refractivity (Wildman–Crippen MR) is 62.8 cm³/mol. The van der Waals surface area contributed by atoms with Crippen LogP contribution < -0.4 is 4.90 Å². The summed E-state index contributed by atoms with van der Waals surface area (Å²) in [6, 6.07) is 5.59. The van der Waals surface area contributed by atoms with Crippen LogP contribution in [0.3, 0.4) is 0 Å². The average molecular weight is 233 g/mol. The van der Waals surface area contributed by atoms with Crippen molar-refractivity contribution in [2.24, 2.45) is 0 Å². The molecule has 2 unspecified atom stereocenters. The number of hydrogen-bond donors (Lipinski definition) is 0. The first-order chi connectivity index (χ1) is 8.28. The van der Waals surface area contributed by atoms with Gasteiger partial charge in [0.15, 0.2) is 0 Å². The molecule has 5 nitrogen and oxygen atoms in total. The second kappa shape index (κ2) is 5.13. The van der Waals surface area contributed by atoms with Crippen LogP contribution in [0.25, 0.3) is 0 Å². The van der Waals surface area contributed by atoms with Crippen LogP contribution in [0.5, 0.6) is 0 Å². The van der Waals surface area contributed by atoms with E-state index in [0.717, 1.165) is 18.9 Å². The molecule has 5 heteroatoms. The number of ether oxygens (including phenoxy) is 2. The third-order valence-electron chi connectivity index (χ3n) is 3.02. The van der Waals surface area contributed by atoms with E-state index in [1.165, 1.54) is 0 Å². The zero-order valence-corrected chi connectivity index (χ0v) is 9.96. The molecule has 2 heterocycles. The fourth-order valence-electron chi connectivity index (χ4n) is 2.04. The zero-order valence-electron chi connectivity index (χ0n) is 9.96. The summed E-state index contributed by atoms with van der Waals surface area (Å²) in [6.07, 6.45) is 1.75. The van der Waals surface area contributed by atoms with Crippen LogP contribution in [-0.4, -0.2) is 44.5 Å². The van der Waals surface area contributed by atoms with Crippen LogP contribution in [0.2, 0.25) is 0 Å². The van der Waals surface area contributed by atoms with E-state index >= 15 is 0 Å². The highest BCUT2D eigenvalue weighted by Gasteiger charge is 2.33. The van der Waals surface area contributed by atoms with E-state index in [1.54, 1.807) is 32.5 Å². The maximum absolute atomic E-state index is 8.86. The molecule has 0 bridgehead atoms. The number of pyridine rings is 1. The predicted octanol–water partition coefficient (Wildman–Crippen LogP) is 0.803. The van der Waals surface area contributed by atoms with Crippen molar-refractivity contribution in [1.82, 2.24) is 4.98 Å². The quantitative estimate of drug-likeness (QED) is 0.773. The molecule has 0 amide bonds. The second-order valence-electron chi connectivity index (χ2n) is 3.97. The van der Waals surface area contributed by atoms with Gasteiger partial charge < -0.3 is 14.4 Å². The fraction of sp³-hybridized carbons (Fsp3) is 0.500. The molecule has 1 aliphatic heterocycles. The van der Waals surface area contributed by atoms with Crippen molar-refractivity contribution in [2.45, 2.75) is 12.2 Å². The molecule has 17 heavy (non-hydrogen) atoms. The first-order valence-electron chi connectivity index (χ1n) is 5.45. The van der Waals surface area contributed by atoms with Crippen LogP contribution >= 0.6 is 0 Å². The number of nitriles is 1. The van der Waals surface area contributed by atoms with Gasteiger partial charge in [0.25, 0.3) is 0 Å². The first-order valence-corrected chi connectivity index (χ1v) is 5.45. The van der Waals surface area contributed by atoms with Crippen molar-refractivity contribution < 1.29 is 9.47 Å². The smallest absolute Gasteiger partial charge is 0.129 e. The third kappa shape index (κ3) is 2.38. The Bertz CT molecular complexity index is 418. The molecule has 0 N–H and O–H groups in total. The summed E-state index contributed by atoms with van der Waals surface area (Å²) in [7, 11) is 3.36. The molecule has 2 atom stereocenters. The number of anilines is 1. The normalized spacial score (nSPS) is 23.7. The monoisotopic (exact) mass is 233 g/mol. The molecule has 2 rings (SSSR count). The Hall–Kier alpha value is -1.64. The van der Waals surface area contributed by atoms with Crippen molar-refractivity contribution >= 4 is 5.82 Å². The molecular weight excluding hydrogens is 218 g/mol. The SMILES string of the molecule is COC1CN(c2cc(C#N)ccn2)CC1OC. The minimum Gasteiger partial charge on any atom is -0.377 e. The van der Waals surface area contributed by atoms with Gasteiger partial charge in [-0.3, -0.25) is 0 Å². The van der Waals surface area contributed by atoms with E-state index in [9.17, 15) is 0 Å². The summed E-state index contributed by atoms with van der Waals surface area (Å²) >= 11 is 0. The van der Waals surface area contributed by atoms with Crippen LogP contribution in [0, 0.1) is 11.3 Å². The van der Waals surface area contributed by atoms with Crippen molar-refractivity contribution in [2.75, 3.05) is 32.2 Å². The molecule has 0 aromatic carbocycles. The maximum atomic E-state index is 8.86. The van der Waals surface area contributed by atoms with E-state index in [1.807, 2.05) is 0 Å². The van der Waals surface area contributed by atoms with Crippen molar-refractivity contribution in [3.63, 3.8) is 0 Å². The lowest BCUT2D eigenvalue weighted by Gasteiger charge is -2.16. The molecule has 1 fully saturated rings. The minimum atomic E-state index is 0.0486. The molecule has 0 saturated carbocycles. The van der Waals surface area contributed by atoms with Gasteiger partial charge in [-0.25, -0.2) is 4.98 Å². The number of rotatable bonds is 3. The van der Waals surface area contributed by atoms with Gasteiger partial charge >= 0.3 is 0 Å². The second-order valence-corrected chi connectivity index (χ2v) is 3.97. The van der Waals surface area contributed by atoms with Gasteiger partial charge in [0, 0.05) is 33.5 Å². The maximum Gasteiger partial charge on any atom is 0.129 e. The Kier molecular flexibility index (Phi) is 3.57. The first kappa shape index (κ1) is 11.8. The summed E-state index contributed by atoms with van der Waals surface area (Å²) in [6.45, 7) is 1.47. The summed E-state index contributed by atoms with van der Waals surface area (Å²) in [5.41, 5.74) is 0.616. The van der Waals surface area contributed by atoms with Gasteiger partial charge in [0.1, 0.15) is 18.0 Å². The highest BCUT2D eigenvalue weighted by Crippen LogP contribution is 2.22. The molecule has 1 aromatic heterocycles. The lowest BCUT2D eigenvalue weighted by atomic mass is 10.3. The van der Waals surface area contributed by atoms with Crippen molar-refractivity contribution in [3.8, 4) is 6.07 Å². The van der Waals surface area contributed by atoms with E-state index in [2.05, 4.69) is 16.0 Å². The van der Waals surface area contributed by atoms with E-state index in [-0.39, 0.29) is 12.2 Å². The van der Waals surface area contributed by atoms with Crippen LogP contribution in [0.15, 0.2) is 18.3 Å². The lowest BCUT2D eigenvalue weighted by Crippen LogP contribution is -2.27. The molecule has 1 saturated heterocycles. The van der Waals surface area contributed by atoms with Crippen LogP contribution in [0.4, 0.5) is 5.82 Å². The number of hydrogen-bond acceptors (Lipinski definition) is 5. The van der Waals surface area contributed by atoms with Crippen molar-refractivity contribution in [1.29, 1.82) is 5.26 Å². The van der Waals surface area contributed by atoms with E-state index < -0.39 is 0 Å². The Balaban J connectivity index is 2.16. The lowest BCUT2D eigenvalue weighted by molar-refractivity contribution is -0.00461. The van der Waals surface area contributed by atoms with Crippen molar-refractivity contribution in [3.05, 3.63) is 23.9 Å². The highest BCUT2D eigenvalue weighted by molar-refractivity contribution is 5.46. The molecule has 1 aliphatic rings. The third-order valence-corrected chi connectivity index (χ3v) is 3.02. The summed E-state index contributed by atoms with van der Waals surface area (Å²) in [5.74, 6) is 0.797. The minimum absolute atomic E-state index is 0.0486. The average Bonchev–Trinajstić information content (AvgIpc) is 2.82. The topological polar surface area (TPSA) is 58.4 Å². The Morgan fingerprint density at radius 2 is 2.00 bits per heavy atom. The van der Waals surface area contributed by atoms with Gasteiger partial charge in [0.2, 0.25) is 0 Å². The fourth-order valence-corrected chi connectivity index (χ4v) is 2.04. The van der Waals surface area contributed by atoms with Crippen LogP contribution in [-0.2, 0) is 9.47 Å². The van der Waals surface area contributed by atoms with Crippen LogP contribution in [0.1, 0.15) is 5.56 Å². The molecular formula is C12H15N3O2. The molecule has 0 aliphatic carbocycles. The summed E-state index contributed by atoms with van der Waals surface area (Å²) < 4.78 is 10.7. The summed E-state index contributed by atoms with van der Waals surface area (Å²) in [5, 5.41) is 8.86. The number of aromatic nitrogens is 1. The molecule has 1 aromatic rings. The Labute approximate surface area is 101 Å². The van der Waals surface area contributed by atoms with Gasteiger partial charge in [0.05, 0.1) is 11.6 Å². The Morgan fingerprint density at radius 1 is 1.35 bits per heavy atom. The zero-order chi connectivity index (χ0) is 12.3. The molecule has 0 spiro atoms. The Morgan fingerprint density at radius 3 is 2.53 bits per heavy atom. The highest BCUT2D eigenvalue weighted by atomic mass is 16.5. The largest absolute Gasteiger partial charge is 0.377 e. The van der Waals surface area contributed by atoms with Gasteiger partial charge in [-0.05, 0) is 12.1 Å². The van der Waals surface area contributed by atoms with E-state index in [4.69, 9.17) is 14.7 Å². The number of nitrogens with zero attached hydrogens (tertiary/aromatic N) is 3. The summed E-state index contributed by atoms with van der Waals surface area (Å²) in [4.78, 5) is 6.34. The van der Waals surface area contributed by atoms with E-state index in [0.29, 0.717) is 5.56 Å². The number of methoxy groups -OCH3 is 2. The van der Waals surface area contributed by atoms with Gasteiger partial charge in [-0.2, -0.15) is 5.26 Å². The van der Waals surface area contributed by atoms with Gasteiger partial charge in [-0.1, -0.05) is 0 Å².